The van der Waals surface area contributed by atoms with Gasteiger partial charge in [-0.2, -0.15) is 5.10 Å². The number of carbonyl (C=O) groups excluding carboxylic acids is 1. The predicted octanol–water partition coefficient (Wildman–Crippen LogP) is 4.08. The number of amides is 1. The summed E-state index contributed by atoms with van der Waals surface area (Å²) in [4.78, 5) is 12.2. The van der Waals surface area contributed by atoms with Crippen LogP contribution in [0.1, 0.15) is 31.9 Å². The van der Waals surface area contributed by atoms with Crippen LogP contribution in [0.15, 0.2) is 49.2 Å². The van der Waals surface area contributed by atoms with Crippen molar-refractivity contribution in [1.82, 2.24) is 9.78 Å². The zero-order chi connectivity index (χ0) is 18.9. The normalized spacial score (nSPS) is 12.0. The van der Waals surface area contributed by atoms with Crippen LogP contribution in [-0.2, 0) is 4.79 Å². The van der Waals surface area contributed by atoms with Gasteiger partial charge in [-0.25, -0.2) is 4.68 Å². The molecule has 1 aromatic heterocycles. The molecule has 0 saturated carbocycles. The fraction of sp³-hybridized carbons (Fsp3) is 0.300. The number of ether oxygens (including phenoxy) is 2. The molecule has 1 N–H and O–H groups in total. The molecule has 6 nitrogen and oxygen atoms in total. The number of hydrogen-bond donors (Lipinski definition) is 1. The monoisotopic (exact) mass is 355 g/mol. The summed E-state index contributed by atoms with van der Waals surface area (Å²) in [7, 11) is 1.58. The molecule has 1 aromatic carbocycles. The molecule has 0 aliphatic carbocycles. The van der Waals surface area contributed by atoms with Crippen molar-refractivity contribution in [3.05, 3.63) is 54.8 Å². The first kappa shape index (κ1) is 19.3. The zero-order valence-electron chi connectivity index (χ0n) is 15.4. The highest BCUT2D eigenvalue weighted by Gasteiger charge is 2.10. The Morgan fingerprint density at radius 2 is 2.19 bits per heavy atom. The fourth-order valence-electron chi connectivity index (χ4n) is 2.33. The largest absolute Gasteiger partial charge is 0.493 e. The van der Waals surface area contributed by atoms with Gasteiger partial charge in [-0.3, -0.25) is 4.79 Å². The first-order valence-corrected chi connectivity index (χ1v) is 8.53. The zero-order valence-corrected chi connectivity index (χ0v) is 15.4. The topological polar surface area (TPSA) is 65.4 Å². The third kappa shape index (κ3) is 4.99. The van der Waals surface area contributed by atoms with Gasteiger partial charge in [0.15, 0.2) is 11.5 Å². The highest BCUT2D eigenvalue weighted by Crippen LogP contribution is 2.28. The van der Waals surface area contributed by atoms with E-state index in [1.54, 1.807) is 42.3 Å². The number of nitrogens with zero attached hydrogens (tertiary/aromatic N) is 2. The maximum atomic E-state index is 12.2. The minimum atomic E-state index is -0.221. The molecule has 1 atom stereocenters. The summed E-state index contributed by atoms with van der Waals surface area (Å²) in [6, 6.07) is 7.47. The number of hydrogen-bond acceptors (Lipinski definition) is 4. The Hall–Kier alpha value is -3.02. The summed E-state index contributed by atoms with van der Waals surface area (Å²) in [5.74, 6) is 1.69. The lowest BCUT2D eigenvalue weighted by Gasteiger charge is -2.13. The number of aromatic nitrogens is 2. The third-order valence-electron chi connectivity index (χ3n) is 3.90. The molecule has 0 aliphatic rings. The molecule has 0 spiro atoms. The predicted molar refractivity (Wildman–Crippen MR) is 104 cm³/mol. The van der Waals surface area contributed by atoms with Crippen LogP contribution in [-0.4, -0.2) is 29.4 Å². The Labute approximate surface area is 154 Å². The molecule has 1 amide bonds. The number of nitrogens with one attached hydrogen (secondary N) is 1. The van der Waals surface area contributed by atoms with Crippen LogP contribution in [0.3, 0.4) is 0 Å². The minimum Gasteiger partial charge on any atom is -0.493 e. The van der Waals surface area contributed by atoms with Crippen LogP contribution >= 0.6 is 0 Å². The lowest BCUT2D eigenvalue weighted by molar-refractivity contribution is -0.111. The van der Waals surface area contributed by atoms with Crippen molar-refractivity contribution in [3.63, 3.8) is 0 Å². The van der Waals surface area contributed by atoms with Crippen LogP contribution in [0.25, 0.3) is 6.08 Å². The maximum absolute atomic E-state index is 12.2. The Morgan fingerprint density at radius 1 is 1.38 bits per heavy atom. The molecule has 6 heteroatoms. The van der Waals surface area contributed by atoms with Crippen molar-refractivity contribution in [2.45, 2.75) is 26.3 Å². The van der Waals surface area contributed by atoms with E-state index >= 15 is 0 Å². The number of rotatable bonds is 9. The molecule has 1 unspecified atom stereocenters. The lowest BCUT2D eigenvalue weighted by Crippen LogP contribution is -2.15. The van der Waals surface area contributed by atoms with Crippen molar-refractivity contribution >= 4 is 17.8 Å². The second-order valence-electron chi connectivity index (χ2n) is 5.75. The molecule has 138 valence electrons. The van der Waals surface area contributed by atoms with Gasteiger partial charge in [-0.1, -0.05) is 25.6 Å². The summed E-state index contributed by atoms with van der Waals surface area (Å²) in [6.45, 7) is 8.16. The Morgan fingerprint density at radius 3 is 2.88 bits per heavy atom. The minimum absolute atomic E-state index is 0.219. The van der Waals surface area contributed by atoms with Gasteiger partial charge in [0.25, 0.3) is 0 Å². The number of carbonyl (C=O) groups is 1. The third-order valence-corrected chi connectivity index (χ3v) is 3.90. The Balaban J connectivity index is 2.06. The maximum Gasteiger partial charge on any atom is 0.249 e. The molecule has 26 heavy (non-hydrogen) atoms. The van der Waals surface area contributed by atoms with E-state index in [9.17, 15) is 4.79 Å². The van der Waals surface area contributed by atoms with Crippen LogP contribution in [0.5, 0.6) is 11.5 Å². The van der Waals surface area contributed by atoms with Gasteiger partial charge >= 0.3 is 0 Å². The van der Waals surface area contributed by atoms with E-state index < -0.39 is 0 Å². The number of benzene rings is 1. The summed E-state index contributed by atoms with van der Waals surface area (Å²) < 4.78 is 12.6. The van der Waals surface area contributed by atoms with E-state index in [2.05, 4.69) is 30.8 Å². The van der Waals surface area contributed by atoms with E-state index in [1.807, 2.05) is 12.1 Å². The highest BCUT2D eigenvalue weighted by atomic mass is 16.5. The molecule has 0 radical (unpaired) electrons. The summed E-state index contributed by atoms with van der Waals surface area (Å²) in [5, 5.41) is 7.11. The fourth-order valence-corrected chi connectivity index (χ4v) is 2.33. The lowest BCUT2D eigenvalue weighted by atomic mass is 10.2. The first-order chi connectivity index (χ1) is 12.6. The summed E-state index contributed by atoms with van der Waals surface area (Å²) in [6.07, 6.45) is 7.48. The van der Waals surface area contributed by atoms with Crippen LogP contribution in [0.2, 0.25) is 0 Å². The second-order valence-corrected chi connectivity index (χ2v) is 5.75. The second kappa shape index (κ2) is 9.46. The highest BCUT2D eigenvalue weighted by molar-refractivity contribution is 6.01. The van der Waals surface area contributed by atoms with Gasteiger partial charge in [0.05, 0.1) is 19.3 Å². The first-order valence-electron chi connectivity index (χ1n) is 8.53. The molecule has 0 bridgehead atoms. The van der Waals surface area contributed by atoms with E-state index in [1.165, 1.54) is 6.08 Å². The molecule has 0 aliphatic heterocycles. The van der Waals surface area contributed by atoms with Crippen molar-refractivity contribution in [2.24, 2.45) is 0 Å². The van der Waals surface area contributed by atoms with Crippen molar-refractivity contribution in [1.29, 1.82) is 0 Å². The molecule has 1 heterocycles. The van der Waals surface area contributed by atoms with Gasteiger partial charge in [0, 0.05) is 12.1 Å². The van der Waals surface area contributed by atoms with Crippen LogP contribution < -0.4 is 14.8 Å². The molecule has 0 saturated heterocycles. The smallest absolute Gasteiger partial charge is 0.249 e. The molecular weight excluding hydrogens is 330 g/mol. The van der Waals surface area contributed by atoms with Crippen molar-refractivity contribution in [3.8, 4) is 11.5 Å². The average molecular weight is 355 g/mol. The molecule has 2 rings (SSSR count). The number of anilines is 1. The van der Waals surface area contributed by atoms with Crippen molar-refractivity contribution < 1.29 is 14.3 Å². The van der Waals surface area contributed by atoms with E-state index in [0.29, 0.717) is 23.9 Å². The average Bonchev–Trinajstić information content (AvgIpc) is 3.12. The van der Waals surface area contributed by atoms with Gasteiger partial charge in [0.2, 0.25) is 5.91 Å². The SMILES string of the molecule is C=CCOc1ccc(C=CC(=O)Nc2ccnn2C(C)CC)cc1OC. The van der Waals surface area contributed by atoms with Gasteiger partial charge in [0.1, 0.15) is 12.4 Å². The van der Waals surface area contributed by atoms with Crippen molar-refractivity contribution in [2.75, 3.05) is 19.0 Å². The van der Waals surface area contributed by atoms with Crippen LogP contribution in [0.4, 0.5) is 5.82 Å². The molecule has 2 aromatic rings. The van der Waals surface area contributed by atoms with E-state index in [0.717, 1.165) is 12.0 Å². The molecular formula is C20H25N3O3. The Bertz CT molecular complexity index is 780. The Kier molecular flexibility index (Phi) is 7.02. The van der Waals surface area contributed by atoms with Gasteiger partial charge < -0.3 is 14.8 Å². The van der Waals surface area contributed by atoms with Gasteiger partial charge in [-0.15, -0.1) is 0 Å². The summed E-state index contributed by atoms with van der Waals surface area (Å²) in [5.41, 5.74) is 0.832. The quantitative estimate of drug-likeness (QED) is 0.544. The number of methoxy groups -OCH3 is 1. The van der Waals surface area contributed by atoms with Gasteiger partial charge in [-0.05, 0) is 37.1 Å². The van der Waals surface area contributed by atoms with Crippen LogP contribution in [0, 0.1) is 0 Å². The van der Waals surface area contributed by atoms with E-state index in [-0.39, 0.29) is 11.9 Å². The standard InChI is InChI=1S/C20H25N3O3/c1-5-13-26-17-9-7-16(14-18(17)25-4)8-10-20(24)22-19-11-12-21-23(19)15(3)6-2/h5,7-12,14-15H,1,6,13H2,2-4H3,(H,22,24). The molecule has 0 fully saturated rings. The van der Waals surface area contributed by atoms with E-state index in [4.69, 9.17) is 9.47 Å². The summed E-state index contributed by atoms with van der Waals surface area (Å²) >= 11 is 0.